The summed E-state index contributed by atoms with van der Waals surface area (Å²) in [6.45, 7) is 3.87. The number of pyridine rings is 2. The smallest absolute Gasteiger partial charge is 0.414 e. The lowest BCUT2D eigenvalue weighted by atomic mass is 9.99. The van der Waals surface area contributed by atoms with Crippen LogP contribution in [-0.2, 0) is 22.6 Å². The molecule has 0 saturated carbocycles. The van der Waals surface area contributed by atoms with Gasteiger partial charge in [-0.15, -0.1) is 0 Å². The quantitative estimate of drug-likeness (QED) is 0.285. The van der Waals surface area contributed by atoms with E-state index in [1.807, 2.05) is 44.1 Å². The second kappa shape index (κ2) is 11.7. The Morgan fingerprint density at radius 1 is 1.23 bits per heavy atom. The SMILES string of the molecule is CC(OC1CCOCC1)c1ccc(Nc2ccc(-c3cnc4cc(F)ccn34)c3c2C(=O)N(C(=O)O)C3)nc1CN(C)C. The lowest BCUT2D eigenvalue weighted by Crippen LogP contribution is -2.29. The molecule has 0 radical (unpaired) electrons. The molecule has 0 aliphatic carbocycles. The number of halogens is 1. The van der Waals surface area contributed by atoms with Crippen LogP contribution in [0.5, 0.6) is 0 Å². The van der Waals surface area contributed by atoms with Crippen LogP contribution in [0.2, 0.25) is 0 Å². The monoisotopic (exact) mass is 588 g/mol. The van der Waals surface area contributed by atoms with Crippen LogP contribution in [0.1, 0.15) is 53.0 Å². The predicted molar refractivity (Wildman–Crippen MR) is 157 cm³/mol. The molecule has 1 saturated heterocycles. The Balaban J connectivity index is 1.36. The summed E-state index contributed by atoms with van der Waals surface area (Å²) < 4.78 is 27.3. The van der Waals surface area contributed by atoms with Crippen LogP contribution in [0.15, 0.2) is 48.8 Å². The molecule has 2 amide bonds. The van der Waals surface area contributed by atoms with Crippen molar-refractivity contribution in [2.45, 2.75) is 45.1 Å². The summed E-state index contributed by atoms with van der Waals surface area (Å²) in [7, 11) is 3.93. The summed E-state index contributed by atoms with van der Waals surface area (Å²) in [6, 6.07) is 10.00. The molecule has 43 heavy (non-hydrogen) atoms. The number of benzene rings is 1. The Hall–Kier alpha value is -4.39. The third kappa shape index (κ3) is 5.68. The first-order chi connectivity index (χ1) is 20.7. The maximum absolute atomic E-state index is 13.8. The zero-order valence-corrected chi connectivity index (χ0v) is 24.2. The van der Waals surface area contributed by atoms with Crippen molar-refractivity contribution < 1.29 is 28.6 Å². The van der Waals surface area contributed by atoms with Gasteiger partial charge in [-0.3, -0.25) is 9.20 Å². The number of imide groups is 1. The molecule has 224 valence electrons. The topological polar surface area (TPSA) is 122 Å². The van der Waals surface area contributed by atoms with E-state index >= 15 is 0 Å². The molecule has 2 N–H and O–H groups in total. The molecule has 1 aromatic carbocycles. The van der Waals surface area contributed by atoms with E-state index in [0.29, 0.717) is 53.7 Å². The van der Waals surface area contributed by atoms with Crippen LogP contribution >= 0.6 is 0 Å². The normalized spacial score (nSPS) is 16.2. The molecular formula is C31H33FN6O5. The van der Waals surface area contributed by atoms with E-state index < -0.39 is 17.8 Å². The Morgan fingerprint density at radius 3 is 2.77 bits per heavy atom. The van der Waals surface area contributed by atoms with Gasteiger partial charge in [0, 0.05) is 43.1 Å². The Kier molecular flexibility index (Phi) is 7.82. The van der Waals surface area contributed by atoms with Gasteiger partial charge < -0.3 is 24.8 Å². The van der Waals surface area contributed by atoms with Crippen LogP contribution in [0.3, 0.4) is 0 Å². The maximum atomic E-state index is 13.8. The number of hydrogen-bond donors (Lipinski definition) is 2. The molecule has 1 fully saturated rings. The maximum Gasteiger partial charge on any atom is 0.414 e. The standard InChI is InChI=1S/C31H33FN6O5/c1-18(43-20-9-12-42-13-10-20)21-5-7-27(35-25(21)17-36(2)3)34-24-6-4-22(23-16-38(31(40)41)30(39)29(23)24)26-15-33-28-14-19(32)8-11-37(26)28/h4-8,11,14-15,18,20H,9-10,12-13,16-17H2,1-3H3,(H,34,35)(H,40,41). The van der Waals surface area contributed by atoms with E-state index in [1.165, 1.54) is 12.1 Å². The number of hydrogen-bond acceptors (Lipinski definition) is 8. The lowest BCUT2D eigenvalue weighted by Gasteiger charge is -2.27. The number of amides is 2. The molecular weight excluding hydrogens is 555 g/mol. The highest BCUT2D eigenvalue weighted by atomic mass is 19.1. The van der Waals surface area contributed by atoms with Gasteiger partial charge in [0.05, 0.1) is 47.6 Å². The first kappa shape index (κ1) is 28.7. The number of ether oxygens (including phenoxy) is 2. The minimum Gasteiger partial charge on any atom is -0.465 e. The van der Waals surface area contributed by atoms with Crippen molar-refractivity contribution in [1.29, 1.82) is 0 Å². The second-order valence-electron chi connectivity index (χ2n) is 11.1. The zero-order chi connectivity index (χ0) is 30.2. The fraction of sp³-hybridized carbons (Fsp3) is 0.355. The average Bonchev–Trinajstić information content (AvgIpc) is 3.55. The highest BCUT2D eigenvalue weighted by Gasteiger charge is 2.37. The van der Waals surface area contributed by atoms with E-state index in [-0.39, 0.29) is 24.3 Å². The van der Waals surface area contributed by atoms with Gasteiger partial charge in [-0.1, -0.05) is 12.1 Å². The molecule has 2 aliphatic heterocycles. The summed E-state index contributed by atoms with van der Waals surface area (Å²) in [5.74, 6) is -0.533. The first-order valence-corrected chi connectivity index (χ1v) is 14.2. The van der Waals surface area contributed by atoms with Gasteiger partial charge in [0.15, 0.2) is 0 Å². The van der Waals surface area contributed by atoms with Gasteiger partial charge in [0.25, 0.3) is 5.91 Å². The number of aromatic nitrogens is 3. The molecule has 1 unspecified atom stereocenters. The van der Waals surface area contributed by atoms with Gasteiger partial charge in [0.1, 0.15) is 17.3 Å². The number of nitrogens with one attached hydrogen (secondary N) is 1. The van der Waals surface area contributed by atoms with Crippen molar-refractivity contribution in [3.8, 4) is 11.3 Å². The summed E-state index contributed by atoms with van der Waals surface area (Å²) in [6.07, 6.45) is 3.47. The number of carboxylic acid groups (broad SMARTS) is 1. The van der Waals surface area contributed by atoms with Gasteiger partial charge in [-0.25, -0.2) is 24.1 Å². The summed E-state index contributed by atoms with van der Waals surface area (Å²) in [5.41, 5.74) is 4.68. The highest BCUT2D eigenvalue weighted by molar-refractivity contribution is 6.11. The highest BCUT2D eigenvalue weighted by Crippen LogP contribution is 2.39. The van der Waals surface area contributed by atoms with Gasteiger partial charge in [-0.05, 0) is 57.6 Å². The molecule has 6 rings (SSSR count). The molecule has 1 atom stereocenters. The fourth-order valence-electron chi connectivity index (χ4n) is 5.76. The lowest BCUT2D eigenvalue weighted by molar-refractivity contribution is -0.0640. The van der Waals surface area contributed by atoms with Crippen molar-refractivity contribution in [2.75, 3.05) is 32.6 Å². The summed E-state index contributed by atoms with van der Waals surface area (Å²) in [5, 5.41) is 13.0. The van der Waals surface area contributed by atoms with Gasteiger partial charge in [-0.2, -0.15) is 0 Å². The van der Waals surface area contributed by atoms with E-state index in [1.54, 1.807) is 22.9 Å². The minimum absolute atomic E-state index is 0.123. The van der Waals surface area contributed by atoms with E-state index in [9.17, 15) is 19.1 Å². The van der Waals surface area contributed by atoms with Crippen LogP contribution in [0, 0.1) is 5.82 Å². The Morgan fingerprint density at radius 2 is 2.02 bits per heavy atom. The zero-order valence-electron chi connectivity index (χ0n) is 24.2. The number of nitrogens with zero attached hydrogens (tertiary/aromatic N) is 5. The van der Waals surface area contributed by atoms with Crippen LogP contribution in [0.4, 0.5) is 20.7 Å². The van der Waals surface area contributed by atoms with E-state index in [4.69, 9.17) is 14.5 Å². The molecule has 12 heteroatoms. The third-order valence-corrected chi connectivity index (χ3v) is 7.81. The Labute approximate surface area is 247 Å². The number of imidazole rings is 1. The second-order valence-corrected chi connectivity index (χ2v) is 11.1. The van der Waals surface area contributed by atoms with Crippen molar-refractivity contribution in [3.63, 3.8) is 0 Å². The molecule has 5 heterocycles. The van der Waals surface area contributed by atoms with Crippen molar-refractivity contribution in [3.05, 3.63) is 77.0 Å². The van der Waals surface area contributed by atoms with Crippen LogP contribution in [-0.4, -0.2) is 74.7 Å². The van der Waals surface area contributed by atoms with E-state index in [0.717, 1.165) is 29.0 Å². The van der Waals surface area contributed by atoms with Crippen molar-refractivity contribution in [1.82, 2.24) is 24.2 Å². The third-order valence-electron chi connectivity index (χ3n) is 7.81. The van der Waals surface area contributed by atoms with E-state index in [2.05, 4.69) is 10.3 Å². The molecule has 2 aliphatic rings. The Bertz CT molecular complexity index is 1700. The first-order valence-electron chi connectivity index (χ1n) is 14.2. The van der Waals surface area contributed by atoms with Crippen LogP contribution < -0.4 is 5.32 Å². The van der Waals surface area contributed by atoms with Crippen LogP contribution in [0.25, 0.3) is 16.9 Å². The number of fused-ring (bicyclic) bond motifs is 2. The van der Waals surface area contributed by atoms with Crippen molar-refractivity contribution >= 4 is 29.2 Å². The number of carbonyl (C=O) groups excluding carboxylic acids is 1. The number of carbonyl (C=O) groups is 2. The van der Waals surface area contributed by atoms with Gasteiger partial charge in [0.2, 0.25) is 0 Å². The number of anilines is 2. The summed E-state index contributed by atoms with van der Waals surface area (Å²) >= 11 is 0. The minimum atomic E-state index is -1.34. The molecule has 0 spiro atoms. The van der Waals surface area contributed by atoms with Gasteiger partial charge >= 0.3 is 6.09 Å². The average molecular weight is 589 g/mol. The fourth-order valence-corrected chi connectivity index (χ4v) is 5.76. The van der Waals surface area contributed by atoms with Crippen molar-refractivity contribution in [2.24, 2.45) is 0 Å². The largest absolute Gasteiger partial charge is 0.465 e. The predicted octanol–water partition coefficient (Wildman–Crippen LogP) is 5.23. The molecule has 0 bridgehead atoms. The molecule has 4 aromatic rings. The molecule has 3 aromatic heterocycles. The molecule has 11 nitrogen and oxygen atoms in total. The number of rotatable bonds is 8. The summed E-state index contributed by atoms with van der Waals surface area (Å²) in [4.78, 5) is 37.4.